The van der Waals surface area contributed by atoms with Gasteiger partial charge >= 0.3 is 0 Å². The van der Waals surface area contributed by atoms with Crippen molar-refractivity contribution < 1.29 is 9.59 Å². The van der Waals surface area contributed by atoms with Crippen LogP contribution in [0, 0.1) is 0 Å². The number of likely N-dealkylation sites (N-methyl/N-ethyl adjacent to an activating group) is 1. The van der Waals surface area contributed by atoms with Crippen molar-refractivity contribution in [2.45, 2.75) is 13.8 Å². The van der Waals surface area contributed by atoms with Crippen molar-refractivity contribution in [2.75, 3.05) is 26.2 Å². The van der Waals surface area contributed by atoms with Crippen LogP contribution in [-0.4, -0.2) is 48.3 Å². The Morgan fingerprint density at radius 3 is 2.65 bits per heavy atom. The van der Waals surface area contributed by atoms with Gasteiger partial charge in [0.25, 0.3) is 5.91 Å². The largest absolute Gasteiger partial charge is 0.349 e. The summed E-state index contributed by atoms with van der Waals surface area (Å²) in [7, 11) is 0. The first-order chi connectivity index (χ1) is 8.21. The summed E-state index contributed by atoms with van der Waals surface area (Å²) in [5, 5.41) is 2.81. The number of rotatable bonds is 7. The summed E-state index contributed by atoms with van der Waals surface area (Å²) in [4.78, 5) is 27.1. The van der Waals surface area contributed by atoms with Gasteiger partial charge in [-0.15, -0.1) is 0 Å². The van der Waals surface area contributed by atoms with Crippen LogP contribution in [0.4, 0.5) is 0 Å². The van der Waals surface area contributed by atoms with Crippen LogP contribution in [0.25, 0.3) is 0 Å². The van der Waals surface area contributed by atoms with Gasteiger partial charge in [-0.3, -0.25) is 9.59 Å². The van der Waals surface area contributed by atoms with Gasteiger partial charge in [-0.2, -0.15) is 0 Å². The fourth-order valence-corrected chi connectivity index (χ4v) is 1.58. The highest BCUT2D eigenvalue weighted by atomic mass is 16.2. The second-order valence-corrected chi connectivity index (χ2v) is 3.73. The number of aromatic nitrogens is 1. The molecule has 0 radical (unpaired) electrons. The smallest absolute Gasteiger partial charge is 0.267 e. The number of nitrogens with zero attached hydrogens (tertiary/aromatic N) is 1. The first kappa shape index (κ1) is 13.4. The molecule has 0 saturated carbocycles. The van der Waals surface area contributed by atoms with E-state index in [1.165, 1.54) is 0 Å². The number of aromatic amines is 1. The monoisotopic (exact) mass is 237 g/mol. The molecule has 0 spiro atoms. The summed E-state index contributed by atoms with van der Waals surface area (Å²) < 4.78 is 0. The Morgan fingerprint density at radius 1 is 1.41 bits per heavy atom. The number of nitrogens with one attached hydrogen (secondary N) is 2. The maximum Gasteiger partial charge on any atom is 0.267 e. The Kier molecular flexibility index (Phi) is 5.42. The van der Waals surface area contributed by atoms with Crippen LogP contribution in [0.3, 0.4) is 0 Å². The van der Waals surface area contributed by atoms with Crippen molar-refractivity contribution in [3.8, 4) is 0 Å². The molecule has 5 heteroatoms. The van der Waals surface area contributed by atoms with E-state index in [-0.39, 0.29) is 5.91 Å². The zero-order valence-corrected chi connectivity index (χ0v) is 10.3. The Bertz CT molecular complexity index is 370. The molecule has 0 saturated heterocycles. The number of carbonyl (C=O) groups excluding carboxylic acids is 2. The van der Waals surface area contributed by atoms with E-state index in [1.807, 2.05) is 0 Å². The summed E-state index contributed by atoms with van der Waals surface area (Å²) in [6, 6.07) is 3.20. The SMILES string of the molecule is CCN(CC)CCNC(=O)c1ccc(C=O)[nH]1. The van der Waals surface area contributed by atoms with E-state index in [0.29, 0.717) is 24.2 Å². The molecule has 94 valence electrons. The fraction of sp³-hybridized carbons (Fsp3) is 0.500. The second kappa shape index (κ2) is 6.85. The second-order valence-electron chi connectivity index (χ2n) is 3.73. The summed E-state index contributed by atoms with van der Waals surface area (Å²) in [6.45, 7) is 7.57. The summed E-state index contributed by atoms with van der Waals surface area (Å²) in [5.41, 5.74) is 0.838. The number of carbonyl (C=O) groups is 2. The van der Waals surface area contributed by atoms with E-state index < -0.39 is 0 Å². The lowest BCUT2D eigenvalue weighted by atomic mass is 10.4. The molecule has 0 unspecified atom stereocenters. The van der Waals surface area contributed by atoms with Gasteiger partial charge in [0.1, 0.15) is 5.69 Å². The zero-order chi connectivity index (χ0) is 12.7. The molecule has 0 fully saturated rings. The molecule has 2 N–H and O–H groups in total. The topological polar surface area (TPSA) is 65.2 Å². The van der Waals surface area contributed by atoms with Crippen LogP contribution in [0.5, 0.6) is 0 Å². The van der Waals surface area contributed by atoms with Gasteiger partial charge in [0.2, 0.25) is 0 Å². The van der Waals surface area contributed by atoms with Crippen molar-refractivity contribution in [2.24, 2.45) is 0 Å². The maximum atomic E-state index is 11.7. The number of hydrogen-bond donors (Lipinski definition) is 2. The third-order valence-corrected chi connectivity index (χ3v) is 2.69. The van der Waals surface area contributed by atoms with E-state index in [2.05, 4.69) is 29.0 Å². The first-order valence-electron chi connectivity index (χ1n) is 5.86. The Labute approximate surface area is 101 Å². The van der Waals surface area contributed by atoms with Gasteiger partial charge in [0.15, 0.2) is 6.29 Å². The summed E-state index contributed by atoms with van der Waals surface area (Å²) >= 11 is 0. The highest BCUT2D eigenvalue weighted by Gasteiger charge is 2.07. The molecule has 0 aliphatic carbocycles. The first-order valence-corrected chi connectivity index (χ1v) is 5.86. The quantitative estimate of drug-likeness (QED) is 0.692. The van der Waals surface area contributed by atoms with Crippen molar-refractivity contribution in [3.63, 3.8) is 0 Å². The van der Waals surface area contributed by atoms with Gasteiger partial charge in [-0.05, 0) is 25.2 Å². The van der Waals surface area contributed by atoms with E-state index >= 15 is 0 Å². The maximum absolute atomic E-state index is 11.7. The summed E-state index contributed by atoms with van der Waals surface area (Å²) in [5.74, 6) is -0.176. The van der Waals surface area contributed by atoms with Gasteiger partial charge in [-0.25, -0.2) is 0 Å². The number of aldehydes is 1. The van der Waals surface area contributed by atoms with Crippen LogP contribution in [0.15, 0.2) is 12.1 Å². The molecule has 1 rings (SSSR count). The molecule has 0 aliphatic heterocycles. The van der Waals surface area contributed by atoms with Crippen molar-refractivity contribution in [3.05, 3.63) is 23.5 Å². The predicted octanol–water partition coefficient (Wildman–Crippen LogP) is 0.899. The lowest BCUT2D eigenvalue weighted by Crippen LogP contribution is -2.34. The standard InChI is InChI=1S/C12H19N3O2/c1-3-15(4-2)8-7-13-12(17)11-6-5-10(9-16)14-11/h5-6,9,14H,3-4,7-8H2,1-2H3,(H,13,17). The number of hydrogen-bond acceptors (Lipinski definition) is 3. The van der Waals surface area contributed by atoms with Gasteiger partial charge in [0.05, 0.1) is 5.69 Å². The zero-order valence-electron chi connectivity index (χ0n) is 10.3. The van der Waals surface area contributed by atoms with Crippen molar-refractivity contribution >= 4 is 12.2 Å². The molecule has 0 aromatic carbocycles. The van der Waals surface area contributed by atoms with E-state index in [9.17, 15) is 9.59 Å². The molecule has 1 aromatic heterocycles. The van der Waals surface area contributed by atoms with Crippen LogP contribution in [0.1, 0.15) is 34.8 Å². The number of H-pyrrole nitrogens is 1. The Morgan fingerprint density at radius 2 is 2.12 bits per heavy atom. The van der Waals surface area contributed by atoms with Gasteiger partial charge in [-0.1, -0.05) is 13.8 Å². The molecule has 1 amide bonds. The highest BCUT2D eigenvalue weighted by molar-refractivity contribution is 5.93. The third kappa shape index (κ3) is 4.03. The lowest BCUT2D eigenvalue weighted by Gasteiger charge is -2.17. The molecule has 5 nitrogen and oxygen atoms in total. The van der Waals surface area contributed by atoms with Crippen LogP contribution in [0.2, 0.25) is 0 Å². The normalized spacial score (nSPS) is 10.5. The molecule has 0 bridgehead atoms. The highest BCUT2D eigenvalue weighted by Crippen LogP contribution is 1.99. The van der Waals surface area contributed by atoms with Crippen molar-refractivity contribution in [1.82, 2.24) is 15.2 Å². The third-order valence-electron chi connectivity index (χ3n) is 2.69. The molecular formula is C12H19N3O2. The van der Waals surface area contributed by atoms with E-state index in [1.54, 1.807) is 12.1 Å². The fourth-order valence-electron chi connectivity index (χ4n) is 1.58. The molecule has 1 heterocycles. The van der Waals surface area contributed by atoms with Crippen LogP contribution >= 0.6 is 0 Å². The molecule has 17 heavy (non-hydrogen) atoms. The molecular weight excluding hydrogens is 218 g/mol. The minimum Gasteiger partial charge on any atom is -0.349 e. The predicted molar refractivity (Wildman–Crippen MR) is 66.3 cm³/mol. The molecule has 0 aliphatic rings. The van der Waals surface area contributed by atoms with E-state index in [4.69, 9.17) is 0 Å². The van der Waals surface area contributed by atoms with Gasteiger partial charge < -0.3 is 15.2 Å². The molecule has 0 atom stereocenters. The van der Waals surface area contributed by atoms with Crippen LogP contribution in [-0.2, 0) is 0 Å². The van der Waals surface area contributed by atoms with E-state index in [0.717, 1.165) is 19.6 Å². The lowest BCUT2D eigenvalue weighted by molar-refractivity contribution is 0.0944. The minimum atomic E-state index is -0.176. The van der Waals surface area contributed by atoms with Crippen molar-refractivity contribution in [1.29, 1.82) is 0 Å². The molecule has 1 aromatic rings. The number of amides is 1. The van der Waals surface area contributed by atoms with Crippen LogP contribution < -0.4 is 5.32 Å². The Hall–Kier alpha value is -1.62. The summed E-state index contributed by atoms with van der Waals surface area (Å²) in [6.07, 6.45) is 0.687. The minimum absolute atomic E-state index is 0.176. The average Bonchev–Trinajstić information content (AvgIpc) is 2.83. The van der Waals surface area contributed by atoms with Gasteiger partial charge in [0, 0.05) is 13.1 Å². The average molecular weight is 237 g/mol. The Balaban J connectivity index is 2.36.